The van der Waals surface area contributed by atoms with Crippen LogP contribution in [0.5, 0.6) is 0 Å². The van der Waals surface area contributed by atoms with Gasteiger partial charge >= 0.3 is 0 Å². The lowest BCUT2D eigenvalue weighted by atomic mass is 10.1. The topological polar surface area (TPSA) is 59.2 Å². The minimum Gasteiger partial charge on any atom is -0.457 e. The van der Waals surface area contributed by atoms with Gasteiger partial charge in [0.25, 0.3) is 0 Å². The summed E-state index contributed by atoms with van der Waals surface area (Å²) in [5, 5.41) is 9.89. The highest BCUT2D eigenvalue weighted by Gasteiger charge is 2.15. The molecule has 0 radical (unpaired) electrons. The maximum absolute atomic E-state index is 9.89. The molecule has 1 atom stereocenters. The van der Waals surface area contributed by atoms with Crippen molar-refractivity contribution < 1.29 is 9.52 Å². The lowest BCUT2D eigenvalue weighted by molar-refractivity contribution is 0.217. The van der Waals surface area contributed by atoms with Gasteiger partial charge in [0.15, 0.2) is 4.67 Å². The van der Waals surface area contributed by atoms with E-state index in [0.717, 1.165) is 0 Å². The summed E-state index contributed by atoms with van der Waals surface area (Å²) in [6.45, 7) is 0. The Morgan fingerprint density at radius 2 is 2.07 bits per heavy atom. The Labute approximate surface area is 88.7 Å². The molecule has 0 amide bonds. The largest absolute Gasteiger partial charge is 0.457 e. The predicted octanol–water partition coefficient (Wildman–Crippen LogP) is 1.91. The Morgan fingerprint density at radius 3 is 2.64 bits per heavy atom. The summed E-state index contributed by atoms with van der Waals surface area (Å²) in [7, 11) is 0. The molecule has 0 fully saturated rings. The van der Waals surface area contributed by atoms with Crippen LogP contribution in [0.1, 0.15) is 17.2 Å². The average molecular weight is 255 g/mol. The predicted molar refractivity (Wildman–Crippen MR) is 52.5 cm³/mol. The van der Waals surface area contributed by atoms with Crippen molar-refractivity contribution in [2.45, 2.75) is 6.10 Å². The molecule has 0 saturated heterocycles. The molecule has 72 valence electrons. The molecule has 0 saturated carbocycles. The van der Waals surface area contributed by atoms with Crippen LogP contribution in [0, 0.1) is 0 Å². The lowest BCUT2D eigenvalue weighted by Crippen LogP contribution is -1.99. The number of rotatable bonds is 2. The van der Waals surface area contributed by atoms with E-state index in [9.17, 15) is 5.11 Å². The second-order valence-electron chi connectivity index (χ2n) is 2.72. The number of hydrogen-bond donors (Lipinski definition) is 1. The standard InChI is InChI=1S/C9H7BrN2O2/c10-9-7(1-2-14-9)8(13)6-3-11-5-12-4-6/h1-5,8,13H. The van der Waals surface area contributed by atoms with E-state index in [0.29, 0.717) is 15.8 Å². The van der Waals surface area contributed by atoms with E-state index in [-0.39, 0.29) is 0 Å². The highest BCUT2D eigenvalue weighted by Crippen LogP contribution is 2.28. The molecule has 0 aliphatic heterocycles. The van der Waals surface area contributed by atoms with Crippen molar-refractivity contribution in [3.8, 4) is 0 Å². The van der Waals surface area contributed by atoms with Gasteiger partial charge in [-0.05, 0) is 22.0 Å². The molecule has 1 unspecified atom stereocenters. The van der Waals surface area contributed by atoms with Gasteiger partial charge in [0.1, 0.15) is 12.4 Å². The SMILES string of the molecule is OC(c1cncnc1)c1ccoc1Br. The lowest BCUT2D eigenvalue weighted by Gasteiger charge is -2.07. The third kappa shape index (κ3) is 1.69. The zero-order valence-corrected chi connectivity index (χ0v) is 8.68. The van der Waals surface area contributed by atoms with E-state index in [1.54, 1.807) is 18.5 Å². The Bertz CT molecular complexity index is 416. The molecule has 2 aromatic rings. The Kier molecular flexibility index (Phi) is 2.60. The van der Waals surface area contributed by atoms with Gasteiger partial charge in [0.2, 0.25) is 0 Å². The Morgan fingerprint density at radius 1 is 1.36 bits per heavy atom. The minimum absolute atomic E-state index is 0.522. The molecule has 0 aliphatic rings. The Hall–Kier alpha value is -1.20. The summed E-state index contributed by atoms with van der Waals surface area (Å²) in [5.74, 6) is 0. The number of aliphatic hydroxyl groups is 1. The zero-order chi connectivity index (χ0) is 9.97. The molecule has 0 spiro atoms. The first-order valence-corrected chi connectivity index (χ1v) is 4.74. The molecule has 2 heterocycles. The van der Waals surface area contributed by atoms with E-state index < -0.39 is 6.10 Å². The monoisotopic (exact) mass is 254 g/mol. The third-order valence-electron chi connectivity index (χ3n) is 1.84. The van der Waals surface area contributed by atoms with E-state index in [2.05, 4.69) is 25.9 Å². The molecular formula is C9H7BrN2O2. The van der Waals surface area contributed by atoms with Gasteiger partial charge in [0.05, 0.1) is 6.26 Å². The first-order chi connectivity index (χ1) is 6.79. The average Bonchev–Trinajstić information content (AvgIpc) is 2.65. The quantitative estimate of drug-likeness (QED) is 0.890. The molecular weight excluding hydrogens is 248 g/mol. The fourth-order valence-electron chi connectivity index (χ4n) is 1.13. The maximum atomic E-state index is 9.89. The minimum atomic E-state index is -0.760. The van der Waals surface area contributed by atoms with Gasteiger partial charge < -0.3 is 9.52 Å². The highest BCUT2D eigenvalue weighted by atomic mass is 79.9. The van der Waals surface area contributed by atoms with Crippen LogP contribution in [0.3, 0.4) is 0 Å². The number of halogens is 1. The maximum Gasteiger partial charge on any atom is 0.175 e. The highest BCUT2D eigenvalue weighted by molar-refractivity contribution is 9.10. The van der Waals surface area contributed by atoms with Crippen LogP contribution in [-0.2, 0) is 0 Å². The molecule has 2 rings (SSSR count). The molecule has 1 N–H and O–H groups in total. The number of furan rings is 1. The van der Waals surface area contributed by atoms with Crippen LogP contribution in [0.15, 0.2) is 40.1 Å². The summed E-state index contributed by atoms with van der Waals surface area (Å²) < 4.78 is 5.55. The van der Waals surface area contributed by atoms with Crippen molar-refractivity contribution in [3.05, 3.63) is 46.8 Å². The van der Waals surface area contributed by atoms with Crippen molar-refractivity contribution in [2.75, 3.05) is 0 Å². The summed E-state index contributed by atoms with van der Waals surface area (Å²) >= 11 is 3.20. The van der Waals surface area contributed by atoms with Gasteiger partial charge in [0, 0.05) is 23.5 Å². The molecule has 5 heteroatoms. The molecule has 0 bridgehead atoms. The van der Waals surface area contributed by atoms with Gasteiger partial charge in [-0.3, -0.25) is 0 Å². The normalized spacial score (nSPS) is 12.7. The van der Waals surface area contributed by atoms with E-state index in [4.69, 9.17) is 4.42 Å². The van der Waals surface area contributed by atoms with Crippen LogP contribution in [0.25, 0.3) is 0 Å². The van der Waals surface area contributed by atoms with E-state index in [1.165, 1.54) is 12.6 Å². The number of nitrogens with zero attached hydrogens (tertiary/aromatic N) is 2. The van der Waals surface area contributed by atoms with Crippen LogP contribution in [-0.4, -0.2) is 15.1 Å². The first kappa shape index (κ1) is 9.36. The summed E-state index contributed by atoms with van der Waals surface area (Å²) in [5.41, 5.74) is 1.30. The zero-order valence-electron chi connectivity index (χ0n) is 7.09. The van der Waals surface area contributed by atoms with Crippen LogP contribution in [0.4, 0.5) is 0 Å². The summed E-state index contributed by atoms with van der Waals surface area (Å²) in [6.07, 6.45) is 5.30. The van der Waals surface area contributed by atoms with E-state index >= 15 is 0 Å². The molecule has 0 aromatic carbocycles. The Balaban J connectivity index is 2.34. The van der Waals surface area contributed by atoms with Crippen LogP contribution in [0.2, 0.25) is 0 Å². The second kappa shape index (κ2) is 3.89. The summed E-state index contributed by atoms with van der Waals surface area (Å²) in [6, 6.07) is 1.70. The van der Waals surface area contributed by atoms with E-state index in [1.807, 2.05) is 0 Å². The molecule has 4 nitrogen and oxygen atoms in total. The molecule has 14 heavy (non-hydrogen) atoms. The molecule has 0 aliphatic carbocycles. The van der Waals surface area contributed by atoms with Gasteiger partial charge in [-0.2, -0.15) is 0 Å². The van der Waals surface area contributed by atoms with Gasteiger partial charge in [-0.1, -0.05) is 0 Å². The number of aromatic nitrogens is 2. The van der Waals surface area contributed by atoms with Gasteiger partial charge in [-0.15, -0.1) is 0 Å². The third-order valence-corrected chi connectivity index (χ3v) is 2.48. The van der Waals surface area contributed by atoms with Crippen molar-refractivity contribution in [2.24, 2.45) is 0 Å². The fourth-order valence-corrected chi connectivity index (χ4v) is 1.59. The van der Waals surface area contributed by atoms with Crippen molar-refractivity contribution in [1.82, 2.24) is 9.97 Å². The van der Waals surface area contributed by atoms with Crippen molar-refractivity contribution in [3.63, 3.8) is 0 Å². The number of hydrogen-bond acceptors (Lipinski definition) is 4. The summed E-state index contributed by atoms with van der Waals surface area (Å²) in [4.78, 5) is 7.66. The van der Waals surface area contributed by atoms with Gasteiger partial charge in [-0.25, -0.2) is 9.97 Å². The molecule has 2 aromatic heterocycles. The van der Waals surface area contributed by atoms with Crippen molar-refractivity contribution >= 4 is 15.9 Å². The number of aliphatic hydroxyl groups excluding tert-OH is 1. The van der Waals surface area contributed by atoms with Crippen molar-refractivity contribution in [1.29, 1.82) is 0 Å². The second-order valence-corrected chi connectivity index (χ2v) is 3.44. The smallest absolute Gasteiger partial charge is 0.175 e. The van der Waals surface area contributed by atoms with Crippen LogP contribution >= 0.6 is 15.9 Å². The first-order valence-electron chi connectivity index (χ1n) is 3.95. The van der Waals surface area contributed by atoms with Crippen LogP contribution < -0.4 is 0 Å². The fraction of sp³-hybridized carbons (Fsp3) is 0.111.